The van der Waals surface area contributed by atoms with Crippen LogP contribution < -0.4 is 5.32 Å². The fourth-order valence-corrected chi connectivity index (χ4v) is 6.32. The Bertz CT molecular complexity index is 1320. The number of nitrogens with zero attached hydrogens (tertiary/aromatic N) is 4. The number of fused-ring (bicyclic) bond motifs is 1. The van der Waals surface area contributed by atoms with E-state index >= 15 is 0 Å². The molecule has 3 aromatic rings. The third-order valence-electron chi connectivity index (χ3n) is 5.74. The lowest BCUT2D eigenvalue weighted by Gasteiger charge is -2.33. The lowest BCUT2D eigenvalue weighted by atomic mass is 10.1. The van der Waals surface area contributed by atoms with Crippen molar-refractivity contribution in [3.63, 3.8) is 0 Å². The zero-order chi connectivity index (χ0) is 25.9. The third kappa shape index (κ3) is 6.37. The van der Waals surface area contributed by atoms with Gasteiger partial charge in [-0.2, -0.15) is 0 Å². The number of nitrogens with one attached hydrogen (secondary N) is 1. The van der Waals surface area contributed by atoms with Gasteiger partial charge in [0, 0.05) is 37.0 Å². The number of hydrogen-bond donors (Lipinski definition) is 1. The Kier molecular flexibility index (Phi) is 7.91. The van der Waals surface area contributed by atoms with Gasteiger partial charge in [-0.15, -0.1) is 11.8 Å². The molecule has 4 rings (SSSR count). The van der Waals surface area contributed by atoms with Crippen molar-refractivity contribution >= 4 is 39.0 Å². The number of aryl methyl sites for hydroxylation is 1. The molecule has 1 aliphatic heterocycles. The fraction of sp³-hybridized carbons (Fsp3) is 0.480. The average molecular weight is 532 g/mol. The highest BCUT2D eigenvalue weighted by Crippen LogP contribution is 2.24. The zero-order valence-corrected chi connectivity index (χ0v) is 22.7. The Labute approximate surface area is 216 Å². The van der Waals surface area contributed by atoms with Gasteiger partial charge in [-0.05, 0) is 58.7 Å². The number of carbonyl (C=O) groups excluding carboxylic acids is 1. The molecular formula is C25H33N5O4S2. The van der Waals surface area contributed by atoms with E-state index in [9.17, 15) is 13.2 Å². The smallest absolute Gasteiger partial charge is 0.410 e. The molecule has 36 heavy (non-hydrogen) atoms. The topological polar surface area (TPSA) is 106 Å². The molecule has 1 atom stereocenters. The Hall–Kier alpha value is -2.63. The summed E-state index contributed by atoms with van der Waals surface area (Å²) in [6.07, 6.45) is 4.86. The maximum Gasteiger partial charge on any atom is 0.410 e. The van der Waals surface area contributed by atoms with Gasteiger partial charge in [0.05, 0.1) is 16.8 Å². The first-order valence-corrected chi connectivity index (χ1v) is 14.5. The van der Waals surface area contributed by atoms with Crippen molar-refractivity contribution in [2.24, 2.45) is 0 Å². The lowest BCUT2D eigenvalue weighted by molar-refractivity contribution is 0.0220. The van der Waals surface area contributed by atoms with Gasteiger partial charge in [-0.3, -0.25) is 0 Å². The van der Waals surface area contributed by atoms with Crippen LogP contribution in [0.25, 0.3) is 11.2 Å². The second-order valence-electron chi connectivity index (χ2n) is 9.93. The second kappa shape index (κ2) is 10.8. The van der Waals surface area contributed by atoms with Crippen LogP contribution in [-0.2, 0) is 21.3 Å². The summed E-state index contributed by atoms with van der Waals surface area (Å²) in [5, 5.41) is 3.71. The minimum atomic E-state index is -3.75. The van der Waals surface area contributed by atoms with Crippen LogP contribution in [0.4, 0.5) is 4.79 Å². The van der Waals surface area contributed by atoms with E-state index in [4.69, 9.17) is 4.74 Å². The third-order valence-corrected chi connectivity index (χ3v) is 8.65. The number of aromatic nitrogens is 3. The molecule has 1 amide bonds. The van der Waals surface area contributed by atoms with Crippen LogP contribution in [0.5, 0.6) is 0 Å². The number of amides is 1. The number of likely N-dealkylation sites (tertiary alicyclic amines) is 1. The minimum Gasteiger partial charge on any atom is -0.444 e. The van der Waals surface area contributed by atoms with E-state index in [1.54, 1.807) is 53.2 Å². The van der Waals surface area contributed by atoms with Crippen LogP contribution >= 0.6 is 11.8 Å². The predicted octanol–water partition coefficient (Wildman–Crippen LogP) is 4.16. The molecule has 1 saturated heterocycles. The van der Waals surface area contributed by atoms with Crippen molar-refractivity contribution in [1.82, 2.24) is 24.2 Å². The maximum atomic E-state index is 13.0. The van der Waals surface area contributed by atoms with Gasteiger partial charge in [0.15, 0.2) is 5.65 Å². The standard InChI is InChI=1S/C25H33N5O4S2/c1-18-7-9-21(10-8-18)36(32,33)30-13-11-22-23(30)27-15-19(28-22)14-26-17-35-20-6-5-12-29(16-20)24(31)34-25(2,3)4/h7-11,13,15,20,26H,5-6,12,14,16-17H2,1-4H3/t20-/m1/s1. The molecule has 194 valence electrons. The highest BCUT2D eigenvalue weighted by atomic mass is 32.2. The average Bonchev–Trinajstić information content (AvgIpc) is 3.25. The first-order valence-electron chi connectivity index (χ1n) is 12.0. The molecule has 1 N–H and O–H groups in total. The van der Waals surface area contributed by atoms with Crippen molar-refractivity contribution in [3.8, 4) is 0 Å². The molecule has 3 heterocycles. The maximum absolute atomic E-state index is 13.0. The molecule has 1 aliphatic rings. The number of carbonyl (C=O) groups is 1. The van der Waals surface area contributed by atoms with E-state index in [1.807, 2.05) is 27.7 Å². The van der Waals surface area contributed by atoms with Crippen LogP contribution in [0.15, 0.2) is 47.6 Å². The van der Waals surface area contributed by atoms with Gasteiger partial charge < -0.3 is 15.0 Å². The molecule has 9 nitrogen and oxygen atoms in total. The van der Waals surface area contributed by atoms with Crippen molar-refractivity contribution in [1.29, 1.82) is 0 Å². The molecule has 0 bridgehead atoms. The number of benzene rings is 1. The van der Waals surface area contributed by atoms with Crippen molar-refractivity contribution < 1.29 is 17.9 Å². The Morgan fingerprint density at radius 3 is 2.69 bits per heavy atom. The summed E-state index contributed by atoms with van der Waals surface area (Å²) < 4.78 is 32.8. The van der Waals surface area contributed by atoms with Gasteiger partial charge in [0.1, 0.15) is 11.1 Å². The molecule has 0 unspecified atom stereocenters. The van der Waals surface area contributed by atoms with Crippen LogP contribution in [0, 0.1) is 6.92 Å². The number of ether oxygens (including phenoxy) is 1. The first-order chi connectivity index (χ1) is 17.0. The summed E-state index contributed by atoms with van der Waals surface area (Å²) in [6.45, 7) is 9.46. The molecule has 0 spiro atoms. The van der Waals surface area contributed by atoms with Gasteiger partial charge in [0.2, 0.25) is 0 Å². The predicted molar refractivity (Wildman–Crippen MR) is 141 cm³/mol. The van der Waals surface area contributed by atoms with Crippen LogP contribution in [0.1, 0.15) is 44.9 Å². The summed E-state index contributed by atoms with van der Waals surface area (Å²) in [5.74, 6) is 0.704. The molecule has 2 aromatic heterocycles. The number of thioether (sulfide) groups is 1. The van der Waals surface area contributed by atoms with Crippen LogP contribution in [-0.4, -0.2) is 63.2 Å². The SMILES string of the molecule is Cc1ccc(S(=O)(=O)n2ccc3nc(CNCS[C@@H]4CCCN(C(=O)OC(C)(C)C)C4)cnc32)cc1. The lowest BCUT2D eigenvalue weighted by Crippen LogP contribution is -2.44. The van der Waals surface area contributed by atoms with Crippen LogP contribution in [0.2, 0.25) is 0 Å². The van der Waals surface area contributed by atoms with Gasteiger partial charge in [-0.25, -0.2) is 27.2 Å². The summed E-state index contributed by atoms with van der Waals surface area (Å²) >= 11 is 1.77. The second-order valence-corrected chi connectivity index (χ2v) is 13.0. The van der Waals surface area contributed by atoms with Crippen LogP contribution in [0.3, 0.4) is 0 Å². The molecule has 11 heteroatoms. The van der Waals surface area contributed by atoms with E-state index in [1.165, 1.54) is 10.2 Å². The Morgan fingerprint density at radius 1 is 1.22 bits per heavy atom. The molecular weight excluding hydrogens is 498 g/mol. The molecule has 0 radical (unpaired) electrons. The number of hydrogen-bond acceptors (Lipinski definition) is 8. The quantitative estimate of drug-likeness (QED) is 0.358. The zero-order valence-electron chi connectivity index (χ0n) is 21.1. The van der Waals surface area contributed by atoms with E-state index in [2.05, 4.69) is 15.3 Å². The summed E-state index contributed by atoms with van der Waals surface area (Å²) in [4.78, 5) is 23.3. The first kappa shape index (κ1) is 26.4. The minimum absolute atomic E-state index is 0.211. The normalized spacial score (nSPS) is 16.9. The monoisotopic (exact) mass is 531 g/mol. The summed E-state index contributed by atoms with van der Waals surface area (Å²) in [5.41, 5.74) is 2.06. The number of rotatable bonds is 7. The van der Waals surface area contributed by atoms with Gasteiger partial charge in [0.25, 0.3) is 10.0 Å². The Balaban J connectivity index is 1.31. The van der Waals surface area contributed by atoms with Crippen molar-refractivity contribution in [3.05, 3.63) is 54.0 Å². The van der Waals surface area contributed by atoms with E-state index < -0.39 is 15.6 Å². The molecule has 1 fully saturated rings. The van der Waals surface area contributed by atoms with E-state index in [0.29, 0.717) is 35.4 Å². The van der Waals surface area contributed by atoms with Gasteiger partial charge >= 0.3 is 6.09 Å². The van der Waals surface area contributed by atoms with Crippen molar-refractivity contribution in [2.45, 2.75) is 62.8 Å². The number of piperidine rings is 1. The van der Waals surface area contributed by atoms with E-state index in [-0.39, 0.29) is 11.0 Å². The molecule has 0 saturated carbocycles. The molecule has 1 aromatic carbocycles. The molecule has 0 aliphatic carbocycles. The van der Waals surface area contributed by atoms with Crippen molar-refractivity contribution in [2.75, 3.05) is 19.0 Å². The Morgan fingerprint density at radius 2 is 1.97 bits per heavy atom. The summed E-state index contributed by atoms with van der Waals surface area (Å²) in [6, 6.07) is 8.40. The summed E-state index contributed by atoms with van der Waals surface area (Å²) in [7, 11) is -3.75. The largest absolute Gasteiger partial charge is 0.444 e. The fourth-order valence-electron chi connectivity index (χ4n) is 3.95. The highest BCUT2D eigenvalue weighted by Gasteiger charge is 2.27. The van der Waals surface area contributed by atoms with Gasteiger partial charge in [-0.1, -0.05) is 17.7 Å². The van der Waals surface area contributed by atoms with E-state index in [0.717, 1.165) is 30.6 Å². The highest BCUT2D eigenvalue weighted by molar-refractivity contribution is 7.99.